The van der Waals surface area contributed by atoms with E-state index in [4.69, 9.17) is 23.5 Å². The van der Waals surface area contributed by atoms with Gasteiger partial charge in [0.1, 0.15) is 17.2 Å². The van der Waals surface area contributed by atoms with Gasteiger partial charge in [-0.25, -0.2) is 0 Å². The van der Waals surface area contributed by atoms with Crippen molar-refractivity contribution in [3.8, 4) is 28.4 Å². The standard InChI is InChI=1S/C31H36BN3O5/c1-19-25-15-20(26-16-22(11-14-27(26)37-7)32-39-30(2,3)31(4,5)40-32)10-13-24(25)29(35-34-19)33-18-21-9-12-23(36-6)17-28(21)38-8/h9-17H,18H2,1-8H3,(H,33,35). The molecule has 1 saturated heterocycles. The van der Waals surface area contributed by atoms with Crippen LogP contribution in [0.25, 0.3) is 21.9 Å². The molecular weight excluding hydrogens is 505 g/mol. The maximum atomic E-state index is 6.31. The Kier molecular flexibility index (Phi) is 7.37. The van der Waals surface area contributed by atoms with Crippen molar-refractivity contribution in [1.29, 1.82) is 0 Å². The van der Waals surface area contributed by atoms with E-state index in [-0.39, 0.29) is 0 Å². The molecule has 0 atom stereocenters. The van der Waals surface area contributed by atoms with Crippen LogP contribution in [0.3, 0.4) is 0 Å². The van der Waals surface area contributed by atoms with Crippen LogP contribution >= 0.6 is 0 Å². The van der Waals surface area contributed by atoms with Gasteiger partial charge in [-0.15, -0.1) is 5.10 Å². The second-order valence-corrected chi connectivity index (χ2v) is 11.0. The predicted molar refractivity (Wildman–Crippen MR) is 159 cm³/mol. The predicted octanol–water partition coefficient (Wildman–Crippen LogP) is 5.54. The van der Waals surface area contributed by atoms with Crippen LogP contribution in [0.2, 0.25) is 0 Å². The molecule has 8 nitrogen and oxygen atoms in total. The number of ether oxygens (including phenoxy) is 3. The molecule has 0 saturated carbocycles. The van der Waals surface area contributed by atoms with E-state index in [2.05, 4.69) is 67.5 Å². The fourth-order valence-corrected chi connectivity index (χ4v) is 4.83. The van der Waals surface area contributed by atoms with Gasteiger partial charge >= 0.3 is 7.12 Å². The first-order chi connectivity index (χ1) is 19.1. The molecule has 40 heavy (non-hydrogen) atoms. The average Bonchev–Trinajstić information content (AvgIpc) is 3.18. The molecule has 0 bridgehead atoms. The van der Waals surface area contributed by atoms with Gasteiger partial charge in [-0.3, -0.25) is 0 Å². The quantitative estimate of drug-likeness (QED) is 0.291. The molecule has 0 unspecified atom stereocenters. The lowest BCUT2D eigenvalue weighted by Crippen LogP contribution is -2.41. The number of hydrogen-bond donors (Lipinski definition) is 1. The fourth-order valence-electron chi connectivity index (χ4n) is 4.83. The number of nitrogens with one attached hydrogen (secondary N) is 1. The molecule has 5 rings (SSSR count). The Hall–Kier alpha value is -3.82. The Balaban J connectivity index is 1.48. The Bertz CT molecular complexity index is 1540. The molecule has 1 fully saturated rings. The summed E-state index contributed by atoms with van der Waals surface area (Å²) in [6.07, 6.45) is 0. The summed E-state index contributed by atoms with van der Waals surface area (Å²) in [5, 5.41) is 14.3. The molecular formula is C31H36BN3O5. The normalized spacial score (nSPS) is 15.8. The van der Waals surface area contributed by atoms with Gasteiger partial charge in [0.05, 0.1) is 38.2 Å². The van der Waals surface area contributed by atoms with Gasteiger partial charge < -0.3 is 28.8 Å². The molecule has 0 radical (unpaired) electrons. The van der Waals surface area contributed by atoms with E-state index in [1.54, 1.807) is 21.3 Å². The lowest BCUT2D eigenvalue weighted by atomic mass is 9.77. The fraction of sp³-hybridized carbons (Fsp3) is 0.355. The summed E-state index contributed by atoms with van der Waals surface area (Å²) >= 11 is 0. The first-order valence-corrected chi connectivity index (χ1v) is 13.3. The van der Waals surface area contributed by atoms with E-state index in [9.17, 15) is 0 Å². The molecule has 2 heterocycles. The summed E-state index contributed by atoms with van der Waals surface area (Å²) in [4.78, 5) is 0. The SMILES string of the molecule is COc1ccc(CNc2nnc(C)c3cc(-c4cc(B5OC(C)(C)C(C)(C)O5)ccc4OC)ccc23)c(OC)c1. The van der Waals surface area contributed by atoms with E-state index in [0.29, 0.717) is 12.4 Å². The average molecular weight is 541 g/mol. The zero-order valence-corrected chi connectivity index (χ0v) is 24.4. The monoisotopic (exact) mass is 541 g/mol. The lowest BCUT2D eigenvalue weighted by Gasteiger charge is -2.32. The molecule has 0 spiro atoms. The van der Waals surface area contributed by atoms with E-state index in [0.717, 1.165) is 55.9 Å². The van der Waals surface area contributed by atoms with Gasteiger partial charge in [-0.2, -0.15) is 5.10 Å². The minimum absolute atomic E-state index is 0.421. The van der Waals surface area contributed by atoms with Crippen molar-refractivity contribution < 1.29 is 23.5 Å². The van der Waals surface area contributed by atoms with E-state index >= 15 is 0 Å². The molecule has 0 amide bonds. The second kappa shape index (κ2) is 10.6. The van der Waals surface area contributed by atoms with Crippen molar-refractivity contribution in [2.24, 2.45) is 0 Å². The minimum atomic E-state index is -0.464. The molecule has 1 aliphatic heterocycles. The van der Waals surface area contributed by atoms with Gasteiger partial charge in [0.2, 0.25) is 0 Å². The smallest absolute Gasteiger partial charge is 0.494 e. The highest BCUT2D eigenvalue weighted by atomic mass is 16.7. The molecule has 9 heteroatoms. The maximum absolute atomic E-state index is 6.31. The molecule has 208 valence electrons. The summed E-state index contributed by atoms with van der Waals surface area (Å²) in [7, 11) is 4.50. The first-order valence-electron chi connectivity index (χ1n) is 13.3. The number of benzene rings is 3. The van der Waals surface area contributed by atoms with E-state index in [1.807, 2.05) is 37.3 Å². The highest BCUT2D eigenvalue weighted by Crippen LogP contribution is 2.38. The number of anilines is 1. The molecule has 0 aliphatic carbocycles. The lowest BCUT2D eigenvalue weighted by molar-refractivity contribution is 0.00578. The van der Waals surface area contributed by atoms with Gasteiger partial charge in [0.15, 0.2) is 5.82 Å². The van der Waals surface area contributed by atoms with Crippen LogP contribution in [0.15, 0.2) is 54.6 Å². The largest absolute Gasteiger partial charge is 0.497 e. The number of hydrogen-bond acceptors (Lipinski definition) is 8. The summed E-state index contributed by atoms with van der Waals surface area (Å²) in [5.41, 5.74) is 3.87. The van der Waals surface area contributed by atoms with Gasteiger partial charge in [0.25, 0.3) is 0 Å². The molecule has 1 aromatic heterocycles. The van der Waals surface area contributed by atoms with Crippen molar-refractivity contribution in [3.63, 3.8) is 0 Å². The Morgan fingerprint density at radius 2 is 1.50 bits per heavy atom. The molecule has 3 aromatic carbocycles. The van der Waals surface area contributed by atoms with Crippen LogP contribution in [0.1, 0.15) is 39.0 Å². The number of methoxy groups -OCH3 is 3. The van der Waals surface area contributed by atoms with Crippen LogP contribution in [0.4, 0.5) is 5.82 Å². The zero-order valence-electron chi connectivity index (χ0n) is 24.4. The maximum Gasteiger partial charge on any atom is 0.494 e. The topological polar surface area (TPSA) is 84.0 Å². The van der Waals surface area contributed by atoms with E-state index in [1.165, 1.54) is 0 Å². The number of fused-ring (bicyclic) bond motifs is 1. The molecule has 4 aromatic rings. The number of aromatic nitrogens is 2. The number of nitrogens with zero attached hydrogens (tertiary/aromatic N) is 2. The second-order valence-electron chi connectivity index (χ2n) is 11.0. The highest BCUT2D eigenvalue weighted by molar-refractivity contribution is 6.62. The van der Waals surface area contributed by atoms with E-state index < -0.39 is 18.3 Å². The van der Waals surface area contributed by atoms with Crippen molar-refractivity contribution in [3.05, 3.63) is 65.9 Å². The summed E-state index contributed by atoms with van der Waals surface area (Å²) in [5.74, 6) is 2.95. The summed E-state index contributed by atoms with van der Waals surface area (Å²) < 4.78 is 29.2. The summed E-state index contributed by atoms with van der Waals surface area (Å²) in [6, 6.07) is 18.1. The highest BCUT2D eigenvalue weighted by Gasteiger charge is 2.51. The zero-order chi connectivity index (χ0) is 28.7. The number of rotatable bonds is 8. The van der Waals surface area contributed by atoms with Crippen molar-refractivity contribution >= 4 is 29.2 Å². The summed E-state index contributed by atoms with van der Waals surface area (Å²) in [6.45, 7) is 10.7. The molecule has 1 aliphatic rings. The van der Waals surface area contributed by atoms with Crippen LogP contribution in [0, 0.1) is 6.92 Å². The Morgan fingerprint density at radius 1 is 0.775 bits per heavy atom. The Labute approximate surface area is 236 Å². The molecule has 1 N–H and O–H groups in total. The first kappa shape index (κ1) is 27.7. The van der Waals surface area contributed by atoms with Gasteiger partial charge in [0, 0.05) is 34.5 Å². The van der Waals surface area contributed by atoms with Crippen molar-refractivity contribution in [2.75, 3.05) is 26.6 Å². The third-order valence-corrected chi connectivity index (χ3v) is 7.96. The third-order valence-electron chi connectivity index (χ3n) is 7.96. The number of aryl methyl sites for hydroxylation is 1. The van der Waals surface area contributed by atoms with Gasteiger partial charge in [-0.1, -0.05) is 18.2 Å². The minimum Gasteiger partial charge on any atom is -0.497 e. The van der Waals surface area contributed by atoms with Crippen molar-refractivity contribution in [2.45, 2.75) is 52.4 Å². The van der Waals surface area contributed by atoms with Crippen molar-refractivity contribution in [1.82, 2.24) is 10.2 Å². The Morgan fingerprint density at radius 3 is 2.17 bits per heavy atom. The van der Waals surface area contributed by atoms with Crippen LogP contribution in [0.5, 0.6) is 17.2 Å². The van der Waals surface area contributed by atoms with Crippen LogP contribution in [-0.2, 0) is 15.9 Å². The van der Waals surface area contributed by atoms with Crippen LogP contribution in [-0.4, -0.2) is 49.8 Å². The third kappa shape index (κ3) is 5.07. The van der Waals surface area contributed by atoms with Crippen LogP contribution < -0.4 is 25.0 Å². The van der Waals surface area contributed by atoms with Gasteiger partial charge in [-0.05, 0) is 76.0 Å².